The third-order valence-electron chi connectivity index (χ3n) is 5.36. The predicted octanol–water partition coefficient (Wildman–Crippen LogP) is 4.00. The van der Waals surface area contributed by atoms with Crippen molar-refractivity contribution in [3.05, 3.63) is 28.8 Å². The van der Waals surface area contributed by atoms with Gasteiger partial charge >= 0.3 is 0 Å². The van der Waals surface area contributed by atoms with E-state index in [0.717, 1.165) is 18.9 Å². The van der Waals surface area contributed by atoms with Crippen LogP contribution in [-0.2, 0) is 6.42 Å². The quantitative estimate of drug-likeness (QED) is 0.919. The Kier molecular flexibility index (Phi) is 4.65. The van der Waals surface area contributed by atoms with Crippen molar-refractivity contribution >= 4 is 21.6 Å². The minimum Gasteiger partial charge on any atom is -0.310 e. The maximum Gasteiger partial charge on any atom is 0.0951 e. The first-order valence-corrected chi connectivity index (χ1v) is 9.95. The number of fused-ring (bicyclic) bond motifs is 1. The molecule has 3 heterocycles. The minimum absolute atomic E-state index is 0.519. The van der Waals surface area contributed by atoms with Gasteiger partial charge in [0.05, 0.1) is 15.2 Å². The first-order chi connectivity index (χ1) is 11.3. The van der Waals surface area contributed by atoms with E-state index in [0.29, 0.717) is 6.04 Å². The van der Waals surface area contributed by atoms with E-state index in [1.807, 2.05) is 11.3 Å². The molecule has 2 saturated heterocycles. The molecule has 2 aliphatic heterocycles. The zero-order valence-corrected chi connectivity index (χ0v) is 14.9. The van der Waals surface area contributed by atoms with Gasteiger partial charge in [-0.3, -0.25) is 0 Å². The summed E-state index contributed by atoms with van der Waals surface area (Å²) in [5, 5.41) is 4.99. The van der Waals surface area contributed by atoms with Crippen LogP contribution in [0.25, 0.3) is 10.2 Å². The standard InChI is InChI=1S/C19H27N3S/c1-14-4-6-16(20-13-14)15-5-7-18-17(12-15)21-19(23-18)8-11-22-9-2-3-10-22/h5,7,12,14,16,20H,2-4,6,8-11,13H2,1H3/t14-,16+/m0/s1. The van der Waals surface area contributed by atoms with Gasteiger partial charge in [0.1, 0.15) is 0 Å². The molecule has 0 amide bonds. The van der Waals surface area contributed by atoms with E-state index in [-0.39, 0.29) is 0 Å². The van der Waals surface area contributed by atoms with Gasteiger partial charge in [0.2, 0.25) is 0 Å². The highest BCUT2D eigenvalue weighted by Crippen LogP contribution is 2.30. The minimum atomic E-state index is 0.519. The van der Waals surface area contributed by atoms with Gasteiger partial charge in [-0.1, -0.05) is 13.0 Å². The summed E-state index contributed by atoms with van der Waals surface area (Å²) in [5.41, 5.74) is 2.62. The van der Waals surface area contributed by atoms with Gasteiger partial charge in [-0.25, -0.2) is 4.98 Å². The van der Waals surface area contributed by atoms with E-state index in [1.165, 1.54) is 66.1 Å². The van der Waals surface area contributed by atoms with Crippen molar-refractivity contribution in [2.75, 3.05) is 26.2 Å². The highest BCUT2D eigenvalue weighted by Gasteiger charge is 2.19. The number of thiazole rings is 1. The summed E-state index contributed by atoms with van der Waals surface area (Å²) in [7, 11) is 0. The maximum atomic E-state index is 4.91. The van der Waals surface area contributed by atoms with E-state index >= 15 is 0 Å². The van der Waals surface area contributed by atoms with Gasteiger partial charge in [-0.2, -0.15) is 0 Å². The number of hydrogen-bond donors (Lipinski definition) is 1. The molecule has 0 aliphatic carbocycles. The SMILES string of the molecule is C[C@H]1CC[C@H](c2ccc3sc(CCN4CCCC4)nc3c2)NC1. The lowest BCUT2D eigenvalue weighted by Gasteiger charge is -2.28. The molecule has 0 spiro atoms. The van der Waals surface area contributed by atoms with Crippen LogP contribution in [0, 0.1) is 5.92 Å². The highest BCUT2D eigenvalue weighted by molar-refractivity contribution is 7.18. The summed E-state index contributed by atoms with van der Waals surface area (Å²) in [6.45, 7) is 7.21. The number of aromatic nitrogens is 1. The van der Waals surface area contributed by atoms with Gasteiger partial charge in [0.25, 0.3) is 0 Å². The molecule has 2 fully saturated rings. The first-order valence-electron chi connectivity index (χ1n) is 9.13. The number of piperidine rings is 1. The summed E-state index contributed by atoms with van der Waals surface area (Å²) in [4.78, 5) is 7.48. The zero-order valence-electron chi connectivity index (χ0n) is 14.1. The molecule has 4 rings (SSSR count). The summed E-state index contributed by atoms with van der Waals surface area (Å²) in [5.74, 6) is 0.812. The molecule has 4 heteroatoms. The van der Waals surface area contributed by atoms with Gasteiger partial charge in [-0.15, -0.1) is 11.3 Å². The number of benzene rings is 1. The van der Waals surface area contributed by atoms with E-state index < -0.39 is 0 Å². The fourth-order valence-electron chi connectivity index (χ4n) is 3.86. The second-order valence-electron chi connectivity index (χ2n) is 7.28. The van der Waals surface area contributed by atoms with E-state index in [9.17, 15) is 0 Å². The fourth-order valence-corrected chi connectivity index (χ4v) is 4.80. The van der Waals surface area contributed by atoms with Crippen molar-refractivity contribution in [3.8, 4) is 0 Å². The van der Waals surface area contributed by atoms with E-state index in [4.69, 9.17) is 4.98 Å². The van der Waals surface area contributed by atoms with Gasteiger partial charge in [0.15, 0.2) is 0 Å². The van der Waals surface area contributed by atoms with Gasteiger partial charge in [-0.05, 0) is 68.9 Å². The lowest BCUT2D eigenvalue weighted by molar-refractivity contribution is 0.333. The molecule has 1 aromatic heterocycles. The number of hydrogen-bond acceptors (Lipinski definition) is 4. The number of likely N-dealkylation sites (tertiary alicyclic amines) is 1. The van der Waals surface area contributed by atoms with Gasteiger partial charge < -0.3 is 10.2 Å². The van der Waals surface area contributed by atoms with Crippen LogP contribution >= 0.6 is 11.3 Å². The summed E-state index contributed by atoms with van der Waals surface area (Å²) in [6, 6.07) is 7.42. The third kappa shape index (κ3) is 3.59. The molecule has 0 saturated carbocycles. The van der Waals surface area contributed by atoms with Crippen LogP contribution in [0.15, 0.2) is 18.2 Å². The van der Waals surface area contributed by atoms with Crippen molar-refractivity contribution in [2.45, 2.75) is 45.1 Å². The molecule has 2 aromatic rings. The fraction of sp³-hybridized carbons (Fsp3) is 0.632. The number of nitrogens with one attached hydrogen (secondary N) is 1. The van der Waals surface area contributed by atoms with E-state index in [2.05, 4.69) is 35.3 Å². The van der Waals surface area contributed by atoms with Crippen molar-refractivity contribution in [3.63, 3.8) is 0 Å². The van der Waals surface area contributed by atoms with Crippen LogP contribution in [0.5, 0.6) is 0 Å². The predicted molar refractivity (Wildman–Crippen MR) is 98.1 cm³/mol. The first kappa shape index (κ1) is 15.6. The average Bonchev–Trinajstić information content (AvgIpc) is 3.22. The molecular formula is C19H27N3S. The van der Waals surface area contributed by atoms with Crippen LogP contribution < -0.4 is 5.32 Å². The molecule has 0 radical (unpaired) electrons. The lowest BCUT2D eigenvalue weighted by Crippen LogP contribution is -2.31. The Morgan fingerprint density at radius 3 is 2.91 bits per heavy atom. The normalized spacial score (nSPS) is 26.1. The molecule has 2 aliphatic rings. The van der Waals surface area contributed by atoms with Crippen molar-refractivity contribution < 1.29 is 0 Å². The van der Waals surface area contributed by atoms with Crippen LogP contribution in [-0.4, -0.2) is 36.1 Å². The average molecular weight is 330 g/mol. The monoisotopic (exact) mass is 329 g/mol. The highest BCUT2D eigenvalue weighted by atomic mass is 32.1. The molecule has 1 aromatic carbocycles. The Morgan fingerprint density at radius 2 is 2.13 bits per heavy atom. The van der Waals surface area contributed by atoms with Crippen LogP contribution in [0.4, 0.5) is 0 Å². The molecule has 3 nitrogen and oxygen atoms in total. The van der Waals surface area contributed by atoms with Crippen molar-refractivity contribution in [1.29, 1.82) is 0 Å². The molecule has 23 heavy (non-hydrogen) atoms. The lowest BCUT2D eigenvalue weighted by atomic mass is 9.92. The van der Waals surface area contributed by atoms with Crippen molar-refractivity contribution in [2.24, 2.45) is 5.92 Å². The van der Waals surface area contributed by atoms with E-state index in [1.54, 1.807) is 0 Å². The molecule has 1 N–H and O–H groups in total. The molecule has 2 atom stereocenters. The second kappa shape index (κ2) is 6.88. The van der Waals surface area contributed by atoms with Crippen LogP contribution in [0.2, 0.25) is 0 Å². The summed E-state index contributed by atoms with van der Waals surface area (Å²) >= 11 is 1.88. The van der Waals surface area contributed by atoms with Crippen LogP contribution in [0.3, 0.4) is 0 Å². The Labute approximate surface area is 143 Å². The van der Waals surface area contributed by atoms with Crippen LogP contribution in [0.1, 0.15) is 49.2 Å². The van der Waals surface area contributed by atoms with Crippen molar-refractivity contribution in [1.82, 2.24) is 15.2 Å². The Bertz CT molecular complexity index is 652. The smallest absolute Gasteiger partial charge is 0.0951 e. The second-order valence-corrected chi connectivity index (χ2v) is 8.39. The third-order valence-corrected chi connectivity index (χ3v) is 6.46. The molecule has 0 unspecified atom stereocenters. The molecular weight excluding hydrogens is 302 g/mol. The molecule has 0 bridgehead atoms. The largest absolute Gasteiger partial charge is 0.310 e. The van der Waals surface area contributed by atoms with Gasteiger partial charge in [0, 0.05) is 19.0 Å². The Balaban J connectivity index is 1.45. The number of nitrogens with zero attached hydrogens (tertiary/aromatic N) is 2. The number of rotatable bonds is 4. The Morgan fingerprint density at radius 1 is 1.26 bits per heavy atom. The zero-order chi connectivity index (χ0) is 15.6. The Hall–Kier alpha value is -0.970. The summed E-state index contributed by atoms with van der Waals surface area (Å²) < 4.78 is 1.34. The summed E-state index contributed by atoms with van der Waals surface area (Å²) in [6.07, 6.45) is 6.42. The molecule has 124 valence electrons. The topological polar surface area (TPSA) is 28.2 Å². The maximum absolute atomic E-state index is 4.91.